The Morgan fingerprint density at radius 3 is 2.29 bits per heavy atom. The average Bonchev–Trinajstić information content (AvgIpc) is 2.61. The Morgan fingerprint density at radius 2 is 1.54 bits per heavy atom. The number of ether oxygens (including phenoxy) is 1. The van der Waals surface area contributed by atoms with Gasteiger partial charge in [0.25, 0.3) is 0 Å². The maximum atomic E-state index is 6.13. The zero-order valence-electron chi connectivity index (χ0n) is 13.6. The summed E-state index contributed by atoms with van der Waals surface area (Å²) >= 11 is 12.1. The first kappa shape index (κ1) is 17.6. The van der Waals surface area contributed by atoms with E-state index in [-0.39, 0.29) is 0 Å². The van der Waals surface area contributed by atoms with Gasteiger partial charge in [-0.2, -0.15) is 0 Å². The van der Waals surface area contributed by atoms with Gasteiger partial charge in [0.05, 0.1) is 5.02 Å². The molecule has 0 unspecified atom stereocenters. The van der Waals surface area contributed by atoms with Crippen molar-refractivity contribution in [1.29, 1.82) is 0 Å². The number of nitrogens with zero attached hydrogens (tertiary/aromatic N) is 2. The van der Waals surface area contributed by atoms with Gasteiger partial charge in [-0.15, -0.1) is 0 Å². The van der Waals surface area contributed by atoms with Crippen LogP contribution in [0.4, 0.5) is 0 Å². The van der Waals surface area contributed by atoms with Crippen LogP contribution >= 0.6 is 23.2 Å². The zero-order valence-corrected chi connectivity index (χ0v) is 15.1. The largest absolute Gasteiger partial charge is 0.491 e. The third kappa shape index (κ3) is 4.87. The van der Waals surface area contributed by atoms with Gasteiger partial charge < -0.3 is 4.74 Å². The fraction of sp³-hybridized carbons (Fsp3) is 0.368. The number of halogens is 2. The predicted molar refractivity (Wildman–Crippen MR) is 100 cm³/mol. The van der Waals surface area contributed by atoms with Crippen LogP contribution in [-0.4, -0.2) is 49.1 Å². The van der Waals surface area contributed by atoms with E-state index in [0.29, 0.717) is 22.4 Å². The Bertz CT molecular complexity index is 643. The standard InChI is InChI=1S/C19H22Cl2N2O/c20-17-7-4-8-18(19(17)21)24-14-13-22-9-11-23(12-10-22)15-16-5-2-1-3-6-16/h1-8H,9-15H2. The Hall–Kier alpha value is -1.26. The highest BCUT2D eigenvalue weighted by molar-refractivity contribution is 6.42. The highest BCUT2D eigenvalue weighted by atomic mass is 35.5. The first-order valence-corrected chi connectivity index (χ1v) is 9.03. The summed E-state index contributed by atoms with van der Waals surface area (Å²) in [4.78, 5) is 4.93. The Balaban J connectivity index is 1.39. The Kier molecular flexibility index (Phi) is 6.38. The van der Waals surface area contributed by atoms with Crippen molar-refractivity contribution >= 4 is 23.2 Å². The molecular weight excluding hydrogens is 343 g/mol. The quantitative estimate of drug-likeness (QED) is 0.764. The van der Waals surface area contributed by atoms with Crippen molar-refractivity contribution in [3.63, 3.8) is 0 Å². The number of piperazine rings is 1. The third-order valence-corrected chi connectivity index (χ3v) is 5.10. The molecule has 0 aliphatic carbocycles. The van der Waals surface area contributed by atoms with Crippen LogP contribution in [0.15, 0.2) is 48.5 Å². The van der Waals surface area contributed by atoms with E-state index in [9.17, 15) is 0 Å². The molecule has 5 heteroatoms. The number of benzene rings is 2. The zero-order chi connectivity index (χ0) is 16.8. The molecule has 0 saturated carbocycles. The molecule has 1 aliphatic rings. The SMILES string of the molecule is Clc1cccc(OCCN2CCN(Cc3ccccc3)CC2)c1Cl. The molecule has 128 valence electrons. The topological polar surface area (TPSA) is 15.7 Å². The maximum absolute atomic E-state index is 6.13. The molecule has 0 amide bonds. The lowest BCUT2D eigenvalue weighted by molar-refractivity contribution is 0.112. The normalized spacial score (nSPS) is 16.2. The lowest BCUT2D eigenvalue weighted by Gasteiger charge is -2.34. The van der Waals surface area contributed by atoms with Crippen LogP contribution in [0.2, 0.25) is 10.0 Å². The number of rotatable bonds is 6. The fourth-order valence-corrected chi connectivity index (χ4v) is 3.24. The van der Waals surface area contributed by atoms with E-state index in [2.05, 4.69) is 40.1 Å². The molecule has 0 aromatic heterocycles. The molecule has 3 nitrogen and oxygen atoms in total. The summed E-state index contributed by atoms with van der Waals surface area (Å²) in [6, 6.07) is 16.1. The van der Waals surface area contributed by atoms with Crippen LogP contribution in [0, 0.1) is 0 Å². The molecule has 0 radical (unpaired) electrons. The highest BCUT2D eigenvalue weighted by Gasteiger charge is 2.17. The summed E-state index contributed by atoms with van der Waals surface area (Å²) in [5.41, 5.74) is 1.38. The van der Waals surface area contributed by atoms with Crippen LogP contribution in [0.1, 0.15) is 5.56 Å². The van der Waals surface area contributed by atoms with Crippen molar-refractivity contribution < 1.29 is 4.74 Å². The van der Waals surface area contributed by atoms with Gasteiger partial charge in [0, 0.05) is 39.3 Å². The van der Waals surface area contributed by atoms with Gasteiger partial charge in [0.2, 0.25) is 0 Å². The van der Waals surface area contributed by atoms with E-state index in [0.717, 1.165) is 39.3 Å². The molecule has 0 N–H and O–H groups in total. The van der Waals surface area contributed by atoms with Gasteiger partial charge in [-0.1, -0.05) is 59.6 Å². The van der Waals surface area contributed by atoms with Gasteiger partial charge in [-0.3, -0.25) is 9.80 Å². The van der Waals surface area contributed by atoms with Crippen LogP contribution in [-0.2, 0) is 6.54 Å². The van der Waals surface area contributed by atoms with Gasteiger partial charge in [-0.25, -0.2) is 0 Å². The summed E-state index contributed by atoms with van der Waals surface area (Å²) in [6.45, 7) is 6.88. The molecule has 24 heavy (non-hydrogen) atoms. The molecule has 0 spiro atoms. The molecule has 0 bridgehead atoms. The third-order valence-electron chi connectivity index (χ3n) is 4.30. The summed E-state index contributed by atoms with van der Waals surface area (Å²) < 4.78 is 5.77. The highest BCUT2D eigenvalue weighted by Crippen LogP contribution is 2.31. The van der Waals surface area contributed by atoms with E-state index in [1.165, 1.54) is 5.56 Å². The van der Waals surface area contributed by atoms with Crippen LogP contribution in [0.3, 0.4) is 0 Å². The second kappa shape index (κ2) is 8.72. The summed E-state index contributed by atoms with van der Waals surface area (Å²) in [5.74, 6) is 0.659. The maximum Gasteiger partial charge on any atom is 0.139 e. The molecule has 1 fully saturated rings. The second-order valence-electron chi connectivity index (χ2n) is 6.00. The minimum absolute atomic E-state index is 0.492. The Labute approximate surface area is 153 Å². The van der Waals surface area contributed by atoms with Crippen molar-refractivity contribution in [1.82, 2.24) is 9.80 Å². The smallest absolute Gasteiger partial charge is 0.139 e. The predicted octanol–water partition coefficient (Wildman–Crippen LogP) is 4.19. The Morgan fingerprint density at radius 1 is 0.833 bits per heavy atom. The van der Waals surface area contributed by atoms with E-state index in [1.54, 1.807) is 6.07 Å². The van der Waals surface area contributed by atoms with E-state index >= 15 is 0 Å². The minimum Gasteiger partial charge on any atom is -0.491 e. The molecule has 2 aromatic carbocycles. The van der Waals surface area contributed by atoms with Crippen molar-refractivity contribution in [3.05, 3.63) is 64.1 Å². The van der Waals surface area contributed by atoms with E-state index < -0.39 is 0 Å². The molecule has 1 heterocycles. The molecule has 2 aromatic rings. The summed E-state index contributed by atoms with van der Waals surface area (Å²) in [7, 11) is 0. The fourth-order valence-electron chi connectivity index (χ4n) is 2.89. The van der Waals surface area contributed by atoms with Crippen LogP contribution in [0.25, 0.3) is 0 Å². The van der Waals surface area contributed by atoms with Gasteiger partial charge in [0.1, 0.15) is 17.4 Å². The van der Waals surface area contributed by atoms with Gasteiger partial charge >= 0.3 is 0 Å². The average molecular weight is 365 g/mol. The van der Waals surface area contributed by atoms with Crippen molar-refractivity contribution in [3.8, 4) is 5.75 Å². The summed E-state index contributed by atoms with van der Waals surface area (Å²) in [6.07, 6.45) is 0. The number of hydrogen-bond donors (Lipinski definition) is 0. The van der Waals surface area contributed by atoms with Gasteiger partial charge in [-0.05, 0) is 17.7 Å². The lowest BCUT2D eigenvalue weighted by atomic mass is 10.2. The molecule has 1 aliphatic heterocycles. The molecular formula is C19H22Cl2N2O. The van der Waals surface area contributed by atoms with Crippen LogP contribution in [0.5, 0.6) is 5.75 Å². The first-order chi connectivity index (χ1) is 11.7. The van der Waals surface area contributed by atoms with E-state index in [4.69, 9.17) is 27.9 Å². The van der Waals surface area contributed by atoms with Crippen molar-refractivity contribution in [2.75, 3.05) is 39.3 Å². The monoisotopic (exact) mass is 364 g/mol. The molecule has 1 saturated heterocycles. The second-order valence-corrected chi connectivity index (χ2v) is 6.79. The van der Waals surface area contributed by atoms with Crippen molar-refractivity contribution in [2.45, 2.75) is 6.54 Å². The van der Waals surface area contributed by atoms with E-state index in [1.807, 2.05) is 12.1 Å². The summed E-state index contributed by atoms with van der Waals surface area (Å²) in [5, 5.41) is 1.02. The minimum atomic E-state index is 0.492. The number of hydrogen-bond acceptors (Lipinski definition) is 3. The molecule has 3 rings (SSSR count). The lowest BCUT2D eigenvalue weighted by Crippen LogP contribution is -2.47. The van der Waals surface area contributed by atoms with Gasteiger partial charge in [0.15, 0.2) is 0 Å². The molecule has 0 atom stereocenters. The van der Waals surface area contributed by atoms with Crippen molar-refractivity contribution in [2.24, 2.45) is 0 Å². The first-order valence-electron chi connectivity index (χ1n) is 8.28. The van der Waals surface area contributed by atoms with Crippen LogP contribution < -0.4 is 4.74 Å².